The largest absolute Gasteiger partial charge is 0.338 e. The number of hydrogen-bond acceptors (Lipinski definition) is 3. The maximum absolute atomic E-state index is 11.9. The first-order valence-corrected chi connectivity index (χ1v) is 7.34. The Morgan fingerprint density at radius 3 is 3.11 bits per heavy atom. The van der Waals surface area contributed by atoms with Gasteiger partial charge in [0.2, 0.25) is 5.91 Å². The van der Waals surface area contributed by atoms with E-state index in [9.17, 15) is 4.79 Å². The number of carbonyl (C=O) groups is 1. The molecule has 0 aliphatic rings. The first-order chi connectivity index (χ1) is 9.24. The average Bonchev–Trinajstić information content (AvgIpc) is 3.01. The van der Waals surface area contributed by atoms with E-state index in [1.54, 1.807) is 6.20 Å². The molecular weight excluding hydrogens is 326 g/mol. The first-order valence-electron chi connectivity index (χ1n) is 5.67. The zero-order valence-corrected chi connectivity index (χ0v) is 12.2. The summed E-state index contributed by atoms with van der Waals surface area (Å²) in [5.74, 6) is -0.0765. The predicted octanol–water partition coefficient (Wildman–Crippen LogP) is 3.50. The lowest BCUT2D eigenvalue weighted by Crippen LogP contribution is -2.17. The number of hydrogen-bond donors (Lipinski definition) is 1. The molecule has 3 rings (SSSR count). The highest BCUT2D eigenvalue weighted by atomic mass is 79.9. The number of carbonyl (C=O) groups excluding carboxylic acids is 1. The van der Waals surface area contributed by atoms with E-state index in [-0.39, 0.29) is 12.5 Å². The van der Waals surface area contributed by atoms with Crippen LogP contribution in [0.15, 0.2) is 46.5 Å². The molecule has 0 spiro atoms. The maximum atomic E-state index is 11.9. The van der Waals surface area contributed by atoms with Gasteiger partial charge < -0.3 is 9.88 Å². The van der Waals surface area contributed by atoms with Gasteiger partial charge in [-0.2, -0.15) is 0 Å². The van der Waals surface area contributed by atoms with E-state index in [0.29, 0.717) is 5.13 Å². The average molecular weight is 336 g/mol. The molecule has 0 aliphatic carbocycles. The third-order valence-corrected chi connectivity index (χ3v) is 4.13. The van der Waals surface area contributed by atoms with Crippen LogP contribution in [0.3, 0.4) is 0 Å². The molecule has 96 valence electrons. The number of rotatable bonds is 3. The molecule has 0 atom stereocenters. The van der Waals surface area contributed by atoms with Crippen molar-refractivity contribution in [2.75, 3.05) is 5.32 Å². The molecule has 19 heavy (non-hydrogen) atoms. The molecule has 1 N–H and O–H groups in total. The lowest BCUT2D eigenvalue weighted by atomic mass is 10.2. The molecule has 2 aromatic heterocycles. The second-order valence-electron chi connectivity index (χ2n) is 4.00. The minimum absolute atomic E-state index is 0.0765. The summed E-state index contributed by atoms with van der Waals surface area (Å²) in [7, 11) is 0. The van der Waals surface area contributed by atoms with Crippen molar-refractivity contribution in [2.24, 2.45) is 0 Å². The second-order valence-corrected chi connectivity index (χ2v) is 5.75. The minimum Gasteiger partial charge on any atom is -0.338 e. The molecule has 6 heteroatoms. The van der Waals surface area contributed by atoms with Crippen LogP contribution in [0.25, 0.3) is 10.9 Å². The molecule has 1 aromatic carbocycles. The number of benzene rings is 1. The quantitative estimate of drug-likeness (QED) is 0.796. The minimum atomic E-state index is -0.0765. The van der Waals surface area contributed by atoms with E-state index in [1.165, 1.54) is 11.3 Å². The van der Waals surface area contributed by atoms with Crippen LogP contribution < -0.4 is 5.32 Å². The van der Waals surface area contributed by atoms with E-state index in [1.807, 2.05) is 40.4 Å². The van der Waals surface area contributed by atoms with Gasteiger partial charge in [-0.15, -0.1) is 11.3 Å². The number of nitrogens with one attached hydrogen (secondary N) is 1. The fourth-order valence-corrected chi connectivity index (χ4v) is 2.96. The van der Waals surface area contributed by atoms with Crippen molar-refractivity contribution in [3.05, 3.63) is 46.5 Å². The Bertz CT molecular complexity index is 721. The van der Waals surface area contributed by atoms with Crippen molar-refractivity contribution in [1.29, 1.82) is 0 Å². The topological polar surface area (TPSA) is 46.9 Å². The molecule has 0 bridgehead atoms. The predicted molar refractivity (Wildman–Crippen MR) is 80.4 cm³/mol. The van der Waals surface area contributed by atoms with Crippen molar-refractivity contribution in [3.63, 3.8) is 0 Å². The summed E-state index contributed by atoms with van der Waals surface area (Å²) in [6.45, 7) is 0.277. The highest BCUT2D eigenvalue weighted by molar-refractivity contribution is 9.10. The Kier molecular flexibility index (Phi) is 3.35. The summed E-state index contributed by atoms with van der Waals surface area (Å²) in [6.07, 6.45) is 3.58. The summed E-state index contributed by atoms with van der Waals surface area (Å²) in [4.78, 5) is 16.0. The molecule has 0 aliphatic heterocycles. The monoisotopic (exact) mass is 335 g/mol. The Balaban J connectivity index is 1.82. The smallest absolute Gasteiger partial charge is 0.246 e. The van der Waals surface area contributed by atoms with Crippen molar-refractivity contribution >= 4 is 49.2 Å². The van der Waals surface area contributed by atoms with Crippen molar-refractivity contribution in [3.8, 4) is 0 Å². The third-order valence-electron chi connectivity index (χ3n) is 2.75. The first kappa shape index (κ1) is 12.4. The second kappa shape index (κ2) is 5.14. The van der Waals surface area contributed by atoms with Gasteiger partial charge in [-0.3, -0.25) is 4.79 Å². The zero-order valence-electron chi connectivity index (χ0n) is 9.84. The molecule has 2 heterocycles. The Morgan fingerprint density at radius 1 is 1.42 bits per heavy atom. The molecule has 0 saturated carbocycles. The van der Waals surface area contributed by atoms with Crippen LogP contribution in [-0.4, -0.2) is 15.5 Å². The van der Waals surface area contributed by atoms with Gasteiger partial charge in [0.05, 0.1) is 0 Å². The van der Waals surface area contributed by atoms with Gasteiger partial charge in [-0.05, 0) is 18.2 Å². The Hall–Kier alpha value is -1.66. The van der Waals surface area contributed by atoms with Crippen LogP contribution in [0.5, 0.6) is 0 Å². The molecular formula is C13H10BrN3OS. The van der Waals surface area contributed by atoms with Gasteiger partial charge in [0.1, 0.15) is 6.54 Å². The summed E-state index contributed by atoms with van der Waals surface area (Å²) < 4.78 is 2.95. The maximum Gasteiger partial charge on any atom is 0.246 e. The van der Waals surface area contributed by atoms with Crippen LogP contribution in [0.1, 0.15) is 0 Å². The van der Waals surface area contributed by atoms with Gasteiger partial charge in [0.25, 0.3) is 0 Å². The number of aromatic nitrogens is 2. The normalized spacial score (nSPS) is 10.8. The molecule has 0 saturated heterocycles. The zero-order chi connectivity index (χ0) is 13.2. The molecule has 1 amide bonds. The van der Waals surface area contributed by atoms with E-state index in [4.69, 9.17) is 0 Å². The van der Waals surface area contributed by atoms with Crippen LogP contribution in [-0.2, 0) is 11.3 Å². The third kappa shape index (κ3) is 2.54. The summed E-state index contributed by atoms with van der Waals surface area (Å²) in [6, 6.07) is 7.94. The van der Waals surface area contributed by atoms with Crippen LogP contribution >= 0.6 is 27.3 Å². The summed E-state index contributed by atoms with van der Waals surface area (Å²) >= 11 is 4.91. The number of amides is 1. The number of fused-ring (bicyclic) bond motifs is 1. The van der Waals surface area contributed by atoms with Crippen LogP contribution in [0, 0.1) is 0 Å². The Morgan fingerprint density at radius 2 is 2.32 bits per heavy atom. The van der Waals surface area contributed by atoms with E-state index in [2.05, 4.69) is 26.2 Å². The standard InChI is InChI=1S/C13H10BrN3OS/c14-10-2-1-3-11-9(10)4-6-17(11)8-12(18)16-13-15-5-7-19-13/h1-7H,8H2,(H,15,16,18). The highest BCUT2D eigenvalue weighted by Crippen LogP contribution is 2.24. The van der Waals surface area contributed by atoms with Crippen molar-refractivity contribution < 1.29 is 4.79 Å². The van der Waals surface area contributed by atoms with Crippen molar-refractivity contribution in [1.82, 2.24) is 9.55 Å². The molecule has 0 radical (unpaired) electrons. The Labute approximate surface area is 122 Å². The van der Waals surface area contributed by atoms with Gasteiger partial charge in [-0.25, -0.2) is 4.98 Å². The van der Waals surface area contributed by atoms with E-state index in [0.717, 1.165) is 15.4 Å². The lowest BCUT2D eigenvalue weighted by Gasteiger charge is -2.05. The number of anilines is 1. The fraction of sp³-hybridized carbons (Fsp3) is 0.0769. The fourth-order valence-electron chi connectivity index (χ4n) is 1.92. The van der Waals surface area contributed by atoms with Crippen molar-refractivity contribution in [2.45, 2.75) is 6.54 Å². The number of nitrogens with zero attached hydrogens (tertiary/aromatic N) is 2. The molecule has 0 unspecified atom stereocenters. The summed E-state index contributed by atoms with van der Waals surface area (Å²) in [5.41, 5.74) is 1.03. The summed E-state index contributed by atoms with van der Waals surface area (Å²) in [5, 5.41) is 6.34. The molecule has 4 nitrogen and oxygen atoms in total. The van der Waals surface area contributed by atoms with Crippen LogP contribution in [0.4, 0.5) is 5.13 Å². The van der Waals surface area contributed by atoms with Gasteiger partial charge >= 0.3 is 0 Å². The van der Waals surface area contributed by atoms with Gasteiger partial charge in [0.15, 0.2) is 5.13 Å². The van der Waals surface area contributed by atoms with Crippen LogP contribution in [0.2, 0.25) is 0 Å². The van der Waals surface area contributed by atoms with E-state index < -0.39 is 0 Å². The van der Waals surface area contributed by atoms with E-state index >= 15 is 0 Å². The van der Waals surface area contributed by atoms with Gasteiger partial charge in [-0.1, -0.05) is 22.0 Å². The number of thiazole rings is 1. The lowest BCUT2D eigenvalue weighted by molar-refractivity contribution is -0.116. The SMILES string of the molecule is O=C(Cn1ccc2c(Br)cccc21)Nc1nccs1. The molecule has 3 aromatic rings. The molecule has 0 fully saturated rings. The van der Waals surface area contributed by atoms with Gasteiger partial charge in [0, 0.05) is 33.1 Å². The number of halogens is 1. The highest BCUT2D eigenvalue weighted by Gasteiger charge is 2.08.